The zero-order chi connectivity index (χ0) is 14.7. The van der Waals surface area contributed by atoms with Gasteiger partial charge in [-0.05, 0) is 30.7 Å². The highest BCUT2D eigenvalue weighted by molar-refractivity contribution is 5.82. The van der Waals surface area contributed by atoms with Gasteiger partial charge in [0.1, 0.15) is 5.78 Å². The van der Waals surface area contributed by atoms with E-state index in [2.05, 4.69) is 6.92 Å². The summed E-state index contributed by atoms with van der Waals surface area (Å²) in [6.07, 6.45) is 3.49. The number of rotatable bonds is 4. The number of halogens is 1. The first-order valence-corrected chi connectivity index (χ1v) is 6.97. The number of hydrogen-bond donors (Lipinski definition) is 0. The first-order valence-electron chi connectivity index (χ1n) is 6.97. The van der Waals surface area contributed by atoms with Crippen LogP contribution in [-0.2, 0) is 11.2 Å². The maximum absolute atomic E-state index is 14.0. The summed E-state index contributed by atoms with van der Waals surface area (Å²) in [5.74, 6) is -0.353. The molecule has 5 heteroatoms. The molecule has 108 valence electrons. The summed E-state index contributed by atoms with van der Waals surface area (Å²) in [5, 5.41) is 10.7. The molecule has 2 atom stereocenters. The summed E-state index contributed by atoms with van der Waals surface area (Å²) < 4.78 is 14.0. The van der Waals surface area contributed by atoms with E-state index < -0.39 is 16.4 Å². The zero-order valence-corrected chi connectivity index (χ0v) is 11.5. The normalized spacial score (nSPS) is 22.8. The number of Topliss-reactive ketones (excluding diaryl/α,β-unsaturated/α-hetero) is 1. The number of nitro benzene ring substituents is 1. The Morgan fingerprint density at radius 1 is 1.45 bits per heavy atom. The van der Waals surface area contributed by atoms with Crippen LogP contribution in [0.3, 0.4) is 0 Å². The van der Waals surface area contributed by atoms with E-state index in [-0.39, 0.29) is 23.7 Å². The van der Waals surface area contributed by atoms with Crippen LogP contribution in [0, 0.1) is 27.8 Å². The zero-order valence-electron chi connectivity index (χ0n) is 11.5. The highest BCUT2D eigenvalue weighted by atomic mass is 19.1. The van der Waals surface area contributed by atoms with Gasteiger partial charge in [0.05, 0.1) is 4.92 Å². The molecular weight excluding hydrogens is 261 g/mol. The summed E-state index contributed by atoms with van der Waals surface area (Å²) in [4.78, 5) is 21.9. The lowest BCUT2D eigenvalue weighted by Crippen LogP contribution is -2.26. The Kier molecular flexibility index (Phi) is 4.47. The predicted octanol–water partition coefficient (Wildman–Crippen LogP) is 3.67. The summed E-state index contributed by atoms with van der Waals surface area (Å²) in [6.45, 7) is 2.09. The molecule has 0 heterocycles. The average Bonchev–Trinajstić information content (AvgIpc) is 2.43. The Morgan fingerprint density at radius 2 is 2.20 bits per heavy atom. The monoisotopic (exact) mass is 279 g/mol. The Labute approximate surface area is 117 Å². The van der Waals surface area contributed by atoms with Crippen molar-refractivity contribution in [3.63, 3.8) is 0 Å². The lowest BCUT2D eigenvalue weighted by Gasteiger charge is -2.27. The minimum absolute atomic E-state index is 0.153. The van der Waals surface area contributed by atoms with Crippen LogP contribution in [0.2, 0.25) is 0 Å². The number of carbonyl (C=O) groups is 1. The molecule has 0 aromatic heterocycles. The molecule has 1 saturated carbocycles. The number of carbonyl (C=O) groups excluding carboxylic acids is 1. The van der Waals surface area contributed by atoms with E-state index in [4.69, 9.17) is 0 Å². The third-order valence-electron chi connectivity index (χ3n) is 4.17. The highest BCUT2D eigenvalue weighted by Gasteiger charge is 2.29. The second kappa shape index (κ2) is 6.11. The van der Waals surface area contributed by atoms with Crippen molar-refractivity contribution < 1.29 is 14.1 Å². The van der Waals surface area contributed by atoms with Gasteiger partial charge in [0, 0.05) is 18.4 Å². The van der Waals surface area contributed by atoms with E-state index in [0.717, 1.165) is 25.3 Å². The first kappa shape index (κ1) is 14.6. The highest BCUT2D eigenvalue weighted by Crippen LogP contribution is 2.32. The Balaban J connectivity index is 2.19. The molecular formula is C15H18FNO3. The van der Waals surface area contributed by atoms with E-state index >= 15 is 0 Å². The van der Waals surface area contributed by atoms with Crippen LogP contribution in [0.15, 0.2) is 18.2 Å². The molecule has 4 nitrogen and oxygen atoms in total. The Morgan fingerprint density at radius 3 is 2.85 bits per heavy atom. The molecule has 0 amide bonds. The van der Waals surface area contributed by atoms with Crippen molar-refractivity contribution >= 4 is 11.5 Å². The molecule has 0 aliphatic heterocycles. The third-order valence-corrected chi connectivity index (χ3v) is 4.17. The molecule has 0 spiro atoms. The maximum atomic E-state index is 14.0. The largest absolute Gasteiger partial charge is 0.305 e. The Hall–Kier alpha value is -1.78. The number of nitrogens with zero attached hydrogens (tertiary/aromatic N) is 1. The van der Waals surface area contributed by atoms with Gasteiger partial charge in [-0.3, -0.25) is 14.9 Å². The minimum atomic E-state index is -0.802. The molecule has 1 aromatic carbocycles. The minimum Gasteiger partial charge on any atom is -0.299 e. The van der Waals surface area contributed by atoms with Crippen LogP contribution in [-0.4, -0.2) is 10.7 Å². The van der Waals surface area contributed by atoms with Gasteiger partial charge in [-0.25, -0.2) is 0 Å². The van der Waals surface area contributed by atoms with Crippen LogP contribution in [0.25, 0.3) is 0 Å². The summed E-state index contributed by atoms with van der Waals surface area (Å²) in [5.41, 5.74) is -0.243. The molecule has 1 aliphatic rings. The van der Waals surface area contributed by atoms with Gasteiger partial charge in [0.15, 0.2) is 0 Å². The van der Waals surface area contributed by atoms with Crippen LogP contribution < -0.4 is 0 Å². The molecule has 1 fully saturated rings. The summed E-state index contributed by atoms with van der Waals surface area (Å²) in [6, 6.07) is 4.16. The third kappa shape index (κ3) is 3.03. The van der Waals surface area contributed by atoms with Gasteiger partial charge in [0.2, 0.25) is 5.82 Å². The maximum Gasteiger partial charge on any atom is 0.305 e. The first-order chi connectivity index (χ1) is 9.52. The van der Waals surface area contributed by atoms with Gasteiger partial charge >= 0.3 is 5.69 Å². The standard InChI is InChI=1S/C15H18FNO3/c1-2-10-6-7-14(18)12(8-10)9-11-4-3-5-13(15(11)16)17(19)20/h3-5,10,12H,2,6-9H2,1H3. The van der Waals surface area contributed by atoms with Crippen LogP contribution in [0.5, 0.6) is 0 Å². The average molecular weight is 279 g/mol. The van der Waals surface area contributed by atoms with Crippen molar-refractivity contribution in [3.8, 4) is 0 Å². The lowest BCUT2D eigenvalue weighted by molar-refractivity contribution is -0.387. The Bertz CT molecular complexity index is 530. The topological polar surface area (TPSA) is 60.2 Å². The smallest absolute Gasteiger partial charge is 0.299 e. The fourth-order valence-electron chi connectivity index (χ4n) is 2.90. The van der Waals surface area contributed by atoms with Crippen molar-refractivity contribution in [1.29, 1.82) is 0 Å². The molecule has 1 aromatic rings. The molecule has 0 saturated heterocycles. The van der Waals surface area contributed by atoms with E-state index in [0.29, 0.717) is 12.3 Å². The molecule has 0 N–H and O–H groups in total. The number of ketones is 1. The molecule has 1 aliphatic carbocycles. The van der Waals surface area contributed by atoms with Crippen molar-refractivity contribution in [2.75, 3.05) is 0 Å². The number of nitro groups is 1. The van der Waals surface area contributed by atoms with E-state index in [1.807, 2.05) is 0 Å². The molecule has 0 bridgehead atoms. The number of hydrogen-bond acceptors (Lipinski definition) is 3. The quantitative estimate of drug-likeness (QED) is 0.624. The molecule has 2 unspecified atom stereocenters. The van der Waals surface area contributed by atoms with Crippen LogP contribution >= 0.6 is 0 Å². The summed E-state index contributed by atoms with van der Waals surface area (Å²) >= 11 is 0. The van der Waals surface area contributed by atoms with Crippen LogP contribution in [0.4, 0.5) is 10.1 Å². The van der Waals surface area contributed by atoms with Gasteiger partial charge in [-0.1, -0.05) is 25.5 Å². The predicted molar refractivity (Wildman–Crippen MR) is 72.9 cm³/mol. The van der Waals surface area contributed by atoms with Crippen LogP contribution in [0.1, 0.15) is 38.2 Å². The number of benzene rings is 1. The van der Waals surface area contributed by atoms with Crippen molar-refractivity contribution in [2.45, 2.75) is 39.0 Å². The fourth-order valence-corrected chi connectivity index (χ4v) is 2.90. The molecule has 20 heavy (non-hydrogen) atoms. The lowest BCUT2D eigenvalue weighted by atomic mass is 9.77. The fraction of sp³-hybridized carbons (Fsp3) is 0.533. The van der Waals surface area contributed by atoms with Gasteiger partial charge < -0.3 is 0 Å². The SMILES string of the molecule is CCC1CCC(=O)C(Cc2cccc([N+](=O)[O-])c2F)C1. The van der Waals surface area contributed by atoms with E-state index in [9.17, 15) is 19.3 Å². The second-order valence-electron chi connectivity index (χ2n) is 5.42. The van der Waals surface area contributed by atoms with Gasteiger partial charge in [0.25, 0.3) is 0 Å². The molecule has 2 rings (SSSR count). The summed E-state index contributed by atoms with van der Waals surface area (Å²) in [7, 11) is 0. The van der Waals surface area contributed by atoms with E-state index in [1.165, 1.54) is 12.1 Å². The van der Waals surface area contributed by atoms with Crippen molar-refractivity contribution in [3.05, 3.63) is 39.7 Å². The second-order valence-corrected chi connectivity index (χ2v) is 5.42. The van der Waals surface area contributed by atoms with Crippen molar-refractivity contribution in [1.82, 2.24) is 0 Å². The molecule has 0 radical (unpaired) electrons. The van der Waals surface area contributed by atoms with Gasteiger partial charge in [-0.15, -0.1) is 0 Å². The van der Waals surface area contributed by atoms with Crippen molar-refractivity contribution in [2.24, 2.45) is 11.8 Å². The van der Waals surface area contributed by atoms with Gasteiger partial charge in [-0.2, -0.15) is 4.39 Å². The van der Waals surface area contributed by atoms with E-state index in [1.54, 1.807) is 0 Å².